The standard InChI is InChI=1S/C18H22N2O4/c1-5-11(2)14-8-6-7-9-15(14)19-16(21)10-23-18(22)17-12(3)20-24-13(17)4/h6-9,11H,5,10H2,1-4H3,(H,19,21)/t11-/m0/s1. The van der Waals surface area contributed by atoms with Crippen molar-refractivity contribution < 1.29 is 18.8 Å². The number of anilines is 1. The van der Waals surface area contributed by atoms with Crippen LogP contribution in [0.5, 0.6) is 0 Å². The van der Waals surface area contributed by atoms with E-state index >= 15 is 0 Å². The Balaban J connectivity index is 1.98. The number of benzene rings is 1. The topological polar surface area (TPSA) is 81.4 Å². The molecule has 2 aromatic rings. The van der Waals surface area contributed by atoms with E-state index in [0.29, 0.717) is 17.4 Å². The largest absolute Gasteiger partial charge is 0.452 e. The molecule has 0 radical (unpaired) electrons. The van der Waals surface area contributed by atoms with Gasteiger partial charge in [0, 0.05) is 5.69 Å². The van der Waals surface area contributed by atoms with Gasteiger partial charge in [0.25, 0.3) is 5.91 Å². The zero-order chi connectivity index (χ0) is 17.7. The van der Waals surface area contributed by atoms with Crippen molar-refractivity contribution in [2.75, 3.05) is 11.9 Å². The van der Waals surface area contributed by atoms with Crippen LogP contribution in [0.2, 0.25) is 0 Å². The van der Waals surface area contributed by atoms with Crippen molar-refractivity contribution in [1.82, 2.24) is 5.16 Å². The molecule has 0 bridgehead atoms. The molecule has 1 aromatic carbocycles. The third-order valence-electron chi connectivity index (χ3n) is 3.95. The second kappa shape index (κ2) is 7.77. The van der Waals surface area contributed by atoms with Gasteiger partial charge in [0.2, 0.25) is 0 Å². The van der Waals surface area contributed by atoms with Crippen LogP contribution in [0, 0.1) is 13.8 Å². The number of esters is 1. The van der Waals surface area contributed by atoms with E-state index < -0.39 is 5.97 Å². The number of aryl methyl sites for hydroxylation is 2. The Morgan fingerprint density at radius 2 is 2.00 bits per heavy atom. The number of rotatable bonds is 6. The first-order valence-corrected chi connectivity index (χ1v) is 7.92. The number of nitrogens with one attached hydrogen (secondary N) is 1. The molecule has 1 heterocycles. The van der Waals surface area contributed by atoms with Crippen molar-refractivity contribution in [2.24, 2.45) is 0 Å². The molecule has 0 saturated carbocycles. The molecule has 0 aliphatic heterocycles. The van der Waals surface area contributed by atoms with E-state index in [0.717, 1.165) is 17.7 Å². The Bertz CT molecular complexity index is 717. The van der Waals surface area contributed by atoms with E-state index in [4.69, 9.17) is 9.26 Å². The van der Waals surface area contributed by atoms with Crippen LogP contribution >= 0.6 is 0 Å². The van der Waals surface area contributed by atoms with E-state index in [1.807, 2.05) is 24.3 Å². The number of amides is 1. The van der Waals surface area contributed by atoms with Gasteiger partial charge in [0.1, 0.15) is 11.3 Å². The molecule has 0 fully saturated rings. The smallest absolute Gasteiger partial charge is 0.344 e. The van der Waals surface area contributed by atoms with Crippen molar-refractivity contribution >= 4 is 17.6 Å². The fourth-order valence-corrected chi connectivity index (χ4v) is 2.42. The van der Waals surface area contributed by atoms with Crippen molar-refractivity contribution in [1.29, 1.82) is 0 Å². The van der Waals surface area contributed by atoms with E-state index in [9.17, 15) is 9.59 Å². The summed E-state index contributed by atoms with van der Waals surface area (Å²) in [5.74, 6) is -0.297. The van der Waals surface area contributed by atoms with Crippen LogP contribution in [0.1, 0.15) is 53.6 Å². The zero-order valence-electron chi connectivity index (χ0n) is 14.4. The van der Waals surface area contributed by atoms with E-state index in [1.165, 1.54) is 0 Å². The number of carbonyl (C=O) groups excluding carboxylic acids is 2. The van der Waals surface area contributed by atoms with Gasteiger partial charge in [-0.25, -0.2) is 4.79 Å². The number of ether oxygens (including phenoxy) is 1. The number of hydrogen-bond acceptors (Lipinski definition) is 5. The summed E-state index contributed by atoms with van der Waals surface area (Å²) in [5.41, 5.74) is 2.51. The quantitative estimate of drug-likeness (QED) is 0.818. The van der Waals surface area contributed by atoms with Crippen LogP contribution in [0.15, 0.2) is 28.8 Å². The fraction of sp³-hybridized carbons (Fsp3) is 0.389. The van der Waals surface area contributed by atoms with Gasteiger partial charge in [-0.2, -0.15) is 0 Å². The molecule has 1 N–H and O–H groups in total. The Morgan fingerprint density at radius 3 is 2.62 bits per heavy atom. The van der Waals surface area contributed by atoms with Crippen LogP contribution < -0.4 is 5.32 Å². The van der Waals surface area contributed by atoms with Crippen LogP contribution in [0.3, 0.4) is 0 Å². The molecule has 1 aromatic heterocycles. The second-order valence-electron chi connectivity index (χ2n) is 5.72. The average Bonchev–Trinajstić information content (AvgIpc) is 2.91. The molecule has 0 unspecified atom stereocenters. The Hall–Kier alpha value is -2.63. The lowest BCUT2D eigenvalue weighted by Gasteiger charge is -2.15. The van der Waals surface area contributed by atoms with Gasteiger partial charge in [-0.15, -0.1) is 0 Å². The van der Waals surface area contributed by atoms with Crippen molar-refractivity contribution in [3.63, 3.8) is 0 Å². The molecule has 1 amide bonds. The summed E-state index contributed by atoms with van der Waals surface area (Å²) in [7, 11) is 0. The lowest BCUT2D eigenvalue weighted by atomic mass is 9.97. The minimum Gasteiger partial charge on any atom is -0.452 e. The van der Waals surface area contributed by atoms with Gasteiger partial charge in [-0.3, -0.25) is 4.79 Å². The molecule has 24 heavy (non-hydrogen) atoms. The van der Waals surface area contributed by atoms with E-state index in [-0.39, 0.29) is 18.1 Å². The lowest BCUT2D eigenvalue weighted by molar-refractivity contribution is -0.119. The zero-order valence-corrected chi connectivity index (χ0v) is 14.4. The summed E-state index contributed by atoms with van der Waals surface area (Å²) < 4.78 is 9.98. The highest BCUT2D eigenvalue weighted by molar-refractivity contribution is 5.96. The summed E-state index contributed by atoms with van der Waals surface area (Å²) in [6, 6.07) is 7.63. The van der Waals surface area contributed by atoms with Crippen molar-refractivity contribution in [3.8, 4) is 0 Å². The van der Waals surface area contributed by atoms with Crippen LogP contribution in [0.4, 0.5) is 5.69 Å². The highest BCUT2D eigenvalue weighted by atomic mass is 16.5. The van der Waals surface area contributed by atoms with Gasteiger partial charge in [-0.05, 0) is 37.8 Å². The third-order valence-corrected chi connectivity index (χ3v) is 3.95. The minimum absolute atomic E-state index is 0.266. The highest BCUT2D eigenvalue weighted by Gasteiger charge is 2.20. The van der Waals surface area contributed by atoms with Crippen LogP contribution in [0.25, 0.3) is 0 Å². The molecular formula is C18H22N2O4. The second-order valence-corrected chi connectivity index (χ2v) is 5.72. The van der Waals surface area contributed by atoms with Gasteiger partial charge in [0.15, 0.2) is 6.61 Å². The van der Waals surface area contributed by atoms with Crippen molar-refractivity contribution in [3.05, 3.63) is 46.8 Å². The predicted octanol–water partition coefficient (Wildman–Crippen LogP) is 3.60. The maximum absolute atomic E-state index is 12.1. The third kappa shape index (κ3) is 4.01. The normalized spacial score (nSPS) is 11.8. The SMILES string of the molecule is CC[C@H](C)c1ccccc1NC(=O)COC(=O)c1c(C)noc1C. The molecule has 128 valence electrons. The molecule has 2 rings (SSSR count). The average molecular weight is 330 g/mol. The Morgan fingerprint density at radius 1 is 1.29 bits per heavy atom. The Kier molecular flexibility index (Phi) is 5.73. The van der Waals surface area contributed by atoms with Crippen LogP contribution in [-0.4, -0.2) is 23.6 Å². The summed E-state index contributed by atoms with van der Waals surface area (Å²) in [4.78, 5) is 24.1. The summed E-state index contributed by atoms with van der Waals surface area (Å²) in [6.07, 6.45) is 0.966. The monoisotopic (exact) mass is 330 g/mol. The van der Waals surface area contributed by atoms with Crippen LogP contribution in [-0.2, 0) is 9.53 Å². The molecule has 0 aliphatic carbocycles. The molecule has 0 spiro atoms. The summed E-state index contributed by atoms with van der Waals surface area (Å²) >= 11 is 0. The number of carbonyl (C=O) groups is 2. The molecule has 0 aliphatic rings. The number of para-hydroxylation sites is 1. The first-order chi connectivity index (χ1) is 11.4. The maximum atomic E-state index is 12.1. The van der Waals surface area contributed by atoms with Crippen molar-refractivity contribution in [2.45, 2.75) is 40.0 Å². The van der Waals surface area contributed by atoms with Gasteiger partial charge >= 0.3 is 5.97 Å². The van der Waals surface area contributed by atoms with Gasteiger partial charge in [-0.1, -0.05) is 37.2 Å². The maximum Gasteiger partial charge on any atom is 0.344 e. The fourth-order valence-electron chi connectivity index (χ4n) is 2.42. The summed E-state index contributed by atoms with van der Waals surface area (Å²) in [5, 5.41) is 6.50. The molecule has 6 nitrogen and oxygen atoms in total. The highest BCUT2D eigenvalue weighted by Crippen LogP contribution is 2.26. The Labute approximate surface area is 141 Å². The van der Waals surface area contributed by atoms with Gasteiger partial charge in [0.05, 0.1) is 5.69 Å². The molecular weight excluding hydrogens is 308 g/mol. The van der Waals surface area contributed by atoms with E-state index in [1.54, 1.807) is 13.8 Å². The summed E-state index contributed by atoms with van der Waals surface area (Å²) in [6.45, 7) is 7.10. The molecule has 6 heteroatoms. The first-order valence-electron chi connectivity index (χ1n) is 7.92. The molecule has 0 saturated heterocycles. The lowest BCUT2D eigenvalue weighted by Crippen LogP contribution is -2.22. The minimum atomic E-state index is -0.614. The predicted molar refractivity (Wildman–Crippen MR) is 90.0 cm³/mol. The molecule has 1 atom stereocenters. The number of hydrogen-bond donors (Lipinski definition) is 1. The van der Waals surface area contributed by atoms with E-state index in [2.05, 4.69) is 24.3 Å². The van der Waals surface area contributed by atoms with Gasteiger partial charge < -0.3 is 14.6 Å². The number of aromatic nitrogens is 1. The first kappa shape index (κ1) is 17.7. The number of nitrogens with zero attached hydrogens (tertiary/aromatic N) is 1.